The highest BCUT2D eigenvalue weighted by Gasteiger charge is 2.24. The van der Waals surface area contributed by atoms with Gasteiger partial charge in [0.2, 0.25) is 0 Å². The molecule has 1 N–H and O–H groups in total. The predicted molar refractivity (Wildman–Crippen MR) is 109 cm³/mol. The SMILES string of the molecule is Cc1nc2ccccc2c(=O)n1NC(=O)c1ccc(N2CCCC2)c([N+](=O)[O-])c1. The molecule has 1 aliphatic rings. The van der Waals surface area contributed by atoms with Gasteiger partial charge in [-0.05, 0) is 44.0 Å². The summed E-state index contributed by atoms with van der Waals surface area (Å²) in [6.07, 6.45) is 1.97. The summed E-state index contributed by atoms with van der Waals surface area (Å²) in [5, 5.41) is 11.9. The van der Waals surface area contributed by atoms with Gasteiger partial charge in [0.15, 0.2) is 0 Å². The van der Waals surface area contributed by atoms with Crippen molar-refractivity contribution in [3.8, 4) is 0 Å². The van der Waals surface area contributed by atoms with Crippen LogP contribution >= 0.6 is 0 Å². The quantitative estimate of drug-likeness (QED) is 0.539. The van der Waals surface area contributed by atoms with E-state index in [1.807, 2.05) is 4.90 Å². The lowest BCUT2D eigenvalue weighted by molar-refractivity contribution is -0.384. The van der Waals surface area contributed by atoms with Crippen molar-refractivity contribution in [1.29, 1.82) is 0 Å². The largest absolute Gasteiger partial charge is 0.366 e. The first-order valence-corrected chi connectivity index (χ1v) is 9.29. The Labute approximate surface area is 165 Å². The van der Waals surface area contributed by atoms with Gasteiger partial charge in [0.25, 0.3) is 17.2 Å². The summed E-state index contributed by atoms with van der Waals surface area (Å²) in [4.78, 5) is 42.8. The summed E-state index contributed by atoms with van der Waals surface area (Å²) in [7, 11) is 0. The van der Waals surface area contributed by atoms with E-state index in [0.717, 1.165) is 30.6 Å². The maximum atomic E-state index is 12.7. The minimum Gasteiger partial charge on any atom is -0.366 e. The first kappa shape index (κ1) is 18.6. The highest BCUT2D eigenvalue weighted by Crippen LogP contribution is 2.31. The van der Waals surface area contributed by atoms with Crippen LogP contribution in [0.5, 0.6) is 0 Å². The van der Waals surface area contributed by atoms with Crippen LogP contribution in [-0.2, 0) is 0 Å². The molecular weight excluding hydrogens is 374 g/mol. The summed E-state index contributed by atoms with van der Waals surface area (Å²) in [6.45, 7) is 3.11. The molecular formula is C20H19N5O4. The van der Waals surface area contributed by atoms with E-state index in [-0.39, 0.29) is 11.3 Å². The first-order chi connectivity index (χ1) is 14.0. The summed E-state index contributed by atoms with van der Waals surface area (Å²) in [5.41, 5.74) is 3.11. The van der Waals surface area contributed by atoms with Crippen LogP contribution in [0.1, 0.15) is 29.0 Å². The van der Waals surface area contributed by atoms with E-state index in [2.05, 4.69) is 10.4 Å². The summed E-state index contributed by atoms with van der Waals surface area (Å²) >= 11 is 0. The van der Waals surface area contributed by atoms with Gasteiger partial charge in [0.1, 0.15) is 11.5 Å². The third kappa shape index (κ3) is 3.42. The number of fused-ring (bicyclic) bond motifs is 1. The standard InChI is InChI=1S/C20H19N5O4/c1-13-21-16-7-3-2-6-15(16)20(27)24(13)22-19(26)14-8-9-17(18(12-14)25(28)29)23-10-4-5-11-23/h2-3,6-9,12H,4-5,10-11H2,1H3,(H,22,26). The average Bonchev–Trinajstić information content (AvgIpc) is 3.25. The molecule has 1 saturated heterocycles. The van der Waals surface area contributed by atoms with Crippen LogP contribution in [0.3, 0.4) is 0 Å². The molecule has 4 rings (SSSR count). The van der Waals surface area contributed by atoms with E-state index >= 15 is 0 Å². The smallest absolute Gasteiger partial charge is 0.293 e. The van der Waals surface area contributed by atoms with Crippen LogP contribution in [0.25, 0.3) is 10.9 Å². The Bertz CT molecular complexity index is 1180. The lowest BCUT2D eigenvalue weighted by atomic mass is 10.1. The van der Waals surface area contributed by atoms with Gasteiger partial charge in [0.05, 0.1) is 15.8 Å². The number of nitro groups is 1. The van der Waals surface area contributed by atoms with E-state index in [4.69, 9.17) is 0 Å². The Morgan fingerprint density at radius 3 is 2.62 bits per heavy atom. The molecule has 0 unspecified atom stereocenters. The van der Waals surface area contributed by atoms with E-state index in [1.54, 1.807) is 37.3 Å². The molecule has 0 aliphatic carbocycles. The number of carbonyl (C=O) groups excluding carboxylic acids is 1. The molecule has 1 aromatic heterocycles. The Balaban J connectivity index is 1.69. The Kier molecular flexibility index (Phi) is 4.71. The molecule has 0 saturated carbocycles. The molecule has 0 bridgehead atoms. The number of hydrogen-bond acceptors (Lipinski definition) is 6. The molecule has 2 aromatic carbocycles. The van der Waals surface area contributed by atoms with E-state index in [0.29, 0.717) is 22.4 Å². The van der Waals surface area contributed by atoms with E-state index in [9.17, 15) is 19.7 Å². The van der Waals surface area contributed by atoms with E-state index < -0.39 is 16.4 Å². The monoisotopic (exact) mass is 393 g/mol. The van der Waals surface area contributed by atoms with Crippen molar-refractivity contribution in [2.24, 2.45) is 0 Å². The zero-order valence-electron chi connectivity index (χ0n) is 15.8. The normalized spacial score (nSPS) is 13.6. The van der Waals surface area contributed by atoms with Gasteiger partial charge in [0, 0.05) is 24.7 Å². The first-order valence-electron chi connectivity index (χ1n) is 9.29. The van der Waals surface area contributed by atoms with Gasteiger partial charge in [-0.1, -0.05) is 12.1 Å². The second-order valence-electron chi connectivity index (χ2n) is 6.91. The van der Waals surface area contributed by atoms with Crippen molar-refractivity contribution >= 4 is 28.2 Å². The number of nitrogens with one attached hydrogen (secondary N) is 1. The van der Waals surface area contributed by atoms with Crippen molar-refractivity contribution in [3.05, 3.63) is 74.3 Å². The van der Waals surface area contributed by atoms with Crippen LogP contribution in [0.4, 0.5) is 11.4 Å². The number of para-hydroxylation sites is 1. The van der Waals surface area contributed by atoms with Gasteiger partial charge in [-0.25, -0.2) is 9.66 Å². The molecule has 9 nitrogen and oxygen atoms in total. The molecule has 148 valence electrons. The van der Waals surface area contributed by atoms with Crippen LogP contribution in [0, 0.1) is 17.0 Å². The molecule has 1 aliphatic heterocycles. The van der Waals surface area contributed by atoms with Crippen molar-refractivity contribution < 1.29 is 9.72 Å². The van der Waals surface area contributed by atoms with Crippen LogP contribution in [0.2, 0.25) is 0 Å². The zero-order chi connectivity index (χ0) is 20.5. The van der Waals surface area contributed by atoms with Gasteiger partial charge < -0.3 is 4.90 Å². The minimum atomic E-state index is -0.622. The Morgan fingerprint density at radius 2 is 1.90 bits per heavy atom. The maximum Gasteiger partial charge on any atom is 0.293 e. The van der Waals surface area contributed by atoms with Gasteiger partial charge in [-0.15, -0.1) is 0 Å². The van der Waals surface area contributed by atoms with Crippen molar-refractivity contribution in [1.82, 2.24) is 9.66 Å². The Hall–Kier alpha value is -3.75. The predicted octanol–water partition coefficient (Wildman–Crippen LogP) is 2.60. The van der Waals surface area contributed by atoms with Crippen molar-refractivity contribution in [2.75, 3.05) is 23.4 Å². The van der Waals surface area contributed by atoms with Crippen LogP contribution < -0.4 is 15.9 Å². The van der Waals surface area contributed by atoms with Gasteiger partial charge in [-0.3, -0.25) is 25.1 Å². The molecule has 2 heterocycles. The third-order valence-corrected chi connectivity index (χ3v) is 5.04. The second kappa shape index (κ2) is 7.34. The molecule has 1 fully saturated rings. The Morgan fingerprint density at radius 1 is 1.17 bits per heavy atom. The summed E-state index contributed by atoms with van der Waals surface area (Å²) in [6, 6.07) is 11.2. The molecule has 9 heteroatoms. The molecule has 1 amide bonds. The number of benzene rings is 2. The number of rotatable bonds is 4. The van der Waals surface area contributed by atoms with E-state index in [1.165, 1.54) is 12.1 Å². The number of hydrogen-bond donors (Lipinski definition) is 1. The van der Waals surface area contributed by atoms with Crippen molar-refractivity contribution in [3.63, 3.8) is 0 Å². The average molecular weight is 393 g/mol. The van der Waals surface area contributed by atoms with Gasteiger partial charge >= 0.3 is 0 Å². The second-order valence-corrected chi connectivity index (χ2v) is 6.91. The molecule has 0 radical (unpaired) electrons. The summed E-state index contributed by atoms with van der Waals surface area (Å²) in [5.74, 6) is -0.311. The number of nitro benzene ring substituents is 1. The number of amides is 1. The lowest BCUT2D eigenvalue weighted by Gasteiger charge is -2.18. The zero-order valence-corrected chi connectivity index (χ0v) is 15.8. The number of anilines is 1. The van der Waals surface area contributed by atoms with Crippen molar-refractivity contribution in [2.45, 2.75) is 19.8 Å². The van der Waals surface area contributed by atoms with Crippen LogP contribution in [0.15, 0.2) is 47.3 Å². The lowest BCUT2D eigenvalue weighted by Crippen LogP contribution is -2.35. The fourth-order valence-corrected chi connectivity index (χ4v) is 3.58. The number of aromatic nitrogens is 2. The number of carbonyl (C=O) groups is 1. The molecule has 0 spiro atoms. The molecule has 0 atom stereocenters. The highest BCUT2D eigenvalue weighted by molar-refractivity contribution is 6.01. The topological polar surface area (TPSA) is 110 Å². The summed E-state index contributed by atoms with van der Waals surface area (Å²) < 4.78 is 1.06. The fourth-order valence-electron chi connectivity index (χ4n) is 3.58. The molecule has 29 heavy (non-hydrogen) atoms. The third-order valence-electron chi connectivity index (χ3n) is 5.04. The van der Waals surface area contributed by atoms with Crippen LogP contribution in [-0.4, -0.2) is 33.6 Å². The van der Waals surface area contributed by atoms with Gasteiger partial charge in [-0.2, -0.15) is 0 Å². The molecule has 3 aromatic rings. The fraction of sp³-hybridized carbons (Fsp3) is 0.250. The number of aryl methyl sites for hydroxylation is 1. The minimum absolute atomic E-state index is 0.0964. The highest BCUT2D eigenvalue weighted by atomic mass is 16.6. The maximum absolute atomic E-state index is 12.7. The number of nitrogens with zero attached hydrogens (tertiary/aromatic N) is 4.